The molecule has 0 saturated carbocycles. The van der Waals surface area contributed by atoms with Crippen molar-refractivity contribution in [3.05, 3.63) is 71.8 Å². The molecule has 2 N–H and O–H groups in total. The van der Waals surface area contributed by atoms with Crippen LogP contribution in [0.2, 0.25) is 0 Å². The summed E-state index contributed by atoms with van der Waals surface area (Å²) in [5.41, 5.74) is 1.89. The highest BCUT2D eigenvalue weighted by atomic mass is 16.5. The summed E-state index contributed by atoms with van der Waals surface area (Å²) in [6.45, 7) is 1.37. The summed E-state index contributed by atoms with van der Waals surface area (Å²) in [5.74, 6) is -0.301. The Bertz CT molecular complexity index is 605. The summed E-state index contributed by atoms with van der Waals surface area (Å²) < 4.78 is 5.80. The molecule has 1 fully saturated rings. The largest absolute Gasteiger partial charge is 0.453 e. The highest BCUT2D eigenvalue weighted by Gasteiger charge is 2.27. The number of β-amino-alcohol motifs (C(OH)–C–C–N with tert-alkyl or cyclic N) is 1. The lowest BCUT2D eigenvalue weighted by Gasteiger charge is -2.28. The molecule has 1 aliphatic heterocycles. The van der Waals surface area contributed by atoms with Crippen molar-refractivity contribution < 1.29 is 14.6 Å². The maximum Gasteiger partial charge on any atom is 0.307 e. The molecule has 4 heteroatoms. The zero-order valence-electron chi connectivity index (χ0n) is 13.6. The minimum Gasteiger partial charge on any atom is -0.453 e. The number of carbonyl (C=O) groups excluding carboxylic acids is 1. The molecule has 24 heavy (non-hydrogen) atoms. The number of piperidine rings is 1. The summed E-state index contributed by atoms with van der Waals surface area (Å²) in [5, 5.41) is 13.1. The number of aliphatic hydroxyl groups is 1. The Labute approximate surface area is 142 Å². The minimum absolute atomic E-state index is 0.0362. The number of nitrogens with one attached hydrogen (secondary N) is 1. The van der Waals surface area contributed by atoms with Crippen LogP contribution < -0.4 is 5.32 Å². The Morgan fingerprint density at radius 2 is 1.67 bits per heavy atom. The van der Waals surface area contributed by atoms with E-state index < -0.39 is 12.2 Å². The van der Waals surface area contributed by atoms with E-state index in [1.54, 1.807) is 0 Å². The van der Waals surface area contributed by atoms with Crippen LogP contribution >= 0.6 is 0 Å². The lowest BCUT2D eigenvalue weighted by molar-refractivity contribution is -0.150. The van der Waals surface area contributed by atoms with Crippen molar-refractivity contribution in [3.8, 4) is 0 Å². The van der Waals surface area contributed by atoms with Gasteiger partial charge < -0.3 is 15.2 Å². The molecule has 126 valence electrons. The van der Waals surface area contributed by atoms with Gasteiger partial charge in [0.1, 0.15) is 0 Å². The molecule has 0 aromatic heterocycles. The standard InChI is InChI=1S/C20H23NO3/c22-18-14-21-12-11-17(18)13-19(23)24-20(15-7-3-1-4-8-15)16-9-5-2-6-10-16/h1-10,17-18,20-22H,11-14H2/t17-,18-/m0/s1. The maximum atomic E-state index is 12.5. The molecule has 2 atom stereocenters. The van der Waals surface area contributed by atoms with Gasteiger partial charge in [-0.3, -0.25) is 4.79 Å². The second kappa shape index (κ2) is 8.08. The van der Waals surface area contributed by atoms with E-state index in [0.717, 1.165) is 24.1 Å². The molecule has 0 radical (unpaired) electrons. The topological polar surface area (TPSA) is 58.6 Å². The van der Waals surface area contributed by atoms with Gasteiger partial charge in [0.2, 0.25) is 0 Å². The van der Waals surface area contributed by atoms with Gasteiger partial charge >= 0.3 is 5.97 Å². The molecule has 0 bridgehead atoms. The summed E-state index contributed by atoms with van der Waals surface area (Å²) in [6.07, 6.45) is 0.133. The number of benzene rings is 2. The summed E-state index contributed by atoms with van der Waals surface area (Å²) in [7, 11) is 0. The summed E-state index contributed by atoms with van der Waals surface area (Å²) in [4.78, 5) is 12.5. The Balaban J connectivity index is 1.73. The van der Waals surface area contributed by atoms with Crippen LogP contribution in [-0.2, 0) is 9.53 Å². The summed E-state index contributed by atoms with van der Waals surface area (Å²) in [6, 6.07) is 19.5. The Morgan fingerprint density at radius 1 is 1.08 bits per heavy atom. The smallest absolute Gasteiger partial charge is 0.307 e. The van der Waals surface area contributed by atoms with E-state index in [1.807, 2.05) is 60.7 Å². The van der Waals surface area contributed by atoms with E-state index in [4.69, 9.17) is 4.74 Å². The van der Waals surface area contributed by atoms with Gasteiger partial charge in [0.05, 0.1) is 12.5 Å². The molecule has 1 aliphatic rings. The van der Waals surface area contributed by atoms with Gasteiger partial charge in [-0.25, -0.2) is 0 Å². The average Bonchev–Trinajstić information content (AvgIpc) is 2.63. The second-order valence-electron chi connectivity index (χ2n) is 6.22. The number of ether oxygens (including phenoxy) is 1. The number of esters is 1. The Hall–Kier alpha value is -2.17. The lowest BCUT2D eigenvalue weighted by atomic mass is 9.92. The number of hydrogen-bond acceptors (Lipinski definition) is 4. The lowest BCUT2D eigenvalue weighted by Crippen LogP contribution is -2.41. The highest BCUT2D eigenvalue weighted by Crippen LogP contribution is 2.27. The van der Waals surface area contributed by atoms with Crippen LogP contribution in [0.5, 0.6) is 0 Å². The van der Waals surface area contributed by atoms with Crippen LogP contribution in [0.4, 0.5) is 0 Å². The molecule has 1 saturated heterocycles. The fourth-order valence-corrected chi connectivity index (χ4v) is 3.11. The third-order valence-electron chi connectivity index (χ3n) is 4.47. The molecule has 1 heterocycles. The molecule has 0 spiro atoms. The second-order valence-corrected chi connectivity index (χ2v) is 6.22. The van der Waals surface area contributed by atoms with Crippen molar-refractivity contribution in [3.63, 3.8) is 0 Å². The third kappa shape index (κ3) is 4.22. The molecule has 3 rings (SSSR count). The van der Waals surface area contributed by atoms with E-state index in [9.17, 15) is 9.90 Å². The van der Waals surface area contributed by atoms with Crippen molar-refractivity contribution in [2.75, 3.05) is 13.1 Å². The molecule has 0 aliphatic carbocycles. The molecule has 0 amide bonds. The fraction of sp³-hybridized carbons (Fsp3) is 0.350. The molecule has 2 aromatic rings. The van der Waals surface area contributed by atoms with Crippen molar-refractivity contribution in [2.24, 2.45) is 5.92 Å². The number of carbonyl (C=O) groups is 1. The zero-order valence-corrected chi connectivity index (χ0v) is 13.6. The van der Waals surface area contributed by atoms with Gasteiger partial charge in [0, 0.05) is 6.54 Å². The van der Waals surface area contributed by atoms with Gasteiger partial charge in [-0.1, -0.05) is 60.7 Å². The van der Waals surface area contributed by atoms with Gasteiger partial charge in [0.25, 0.3) is 0 Å². The average molecular weight is 325 g/mol. The first-order valence-corrected chi connectivity index (χ1v) is 8.42. The predicted octanol–water partition coefficient (Wildman–Crippen LogP) is 2.68. The van der Waals surface area contributed by atoms with E-state index >= 15 is 0 Å². The van der Waals surface area contributed by atoms with Crippen molar-refractivity contribution in [1.29, 1.82) is 0 Å². The maximum absolute atomic E-state index is 12.5. The first-order valence-electron chi connectivity index (χ1n) is 8.42. The monoisotopic (exact) mass is 325 g/mol. The van der Waals surface area contributed by atoms with Crippen molar-refractivity contribution >= 4 is 5.97 Å². The predicted molar refractivity (Wildman–Crippen MR) is 92.4 cm³/mol. The third-order valence-corrected chi connectivity index (χ3v) is 4.47. The first-order chi connectivity index (χ1) is 11.7. The van der Waals surface area contributed by atoms with E-state index in [-0.39, 0.29) is 18.3 Å². The van der Waals surface area contributed by atoms with Crippen molar-refractivity contribution in [2.45, 2.75) is 25.0 Å². The molecular formula is C20H23NO3. The van der Waals surface area contributed by atoms with Gasteiger partial charge in [0.15, 0.2) is 6.10 Å². The Morgan fingerprint density at radius 3 is 2.21 bits per heavy atom. The van der Waals surface area contributed by atoms with Crippen LogP contribution in [0.1, 0.15) is 30.1 Å². The number of hydrogen-bond donors (Lipinski definition) is 2. The minimum atomic E-state index is -0.488. The van der Waals surface area contributed by atoms with E-state index in [1.165, 1.54) is 0 Å². The molecule has 0 unspecified atom stereocenters. The number of rotatable bonds is 5. The van der Waals surface area contributed by atoms with Crippen molar-refractivity contribution in [1.82, 2.24) is 5.32 Å². The van der Waals surface area contributed by atoms with Crippen LogP contribution in [0, 0.1) is 5.92 Å². The van der Waals surface area contributed by atoms with E-state index in [2.05, 4.69) is 5.32 Å². The van der Waals surface area contributed by atoms with Crippen LogP contribution in [0.3, 0.4) is 0 Å². The Kier molecular flexibility index (Phi) is 5.62. The first kappa shape index (κ1) is 16.7. The van der Waals surface area contributed by atoms with Gasteiger partial charge in [-0.05, 0) is 30.0 Å². The SMILES string of the molecule is O=C(C[C@@H]1CCNC[C@@H]1O)OC(c1ccccc1)c1ccccc1. The fourth-order valence-electron chi connectivity index (χ4n) is 3.11. The summed E-state index contributed by atoms with van der Waals surface area (Å²) >= 11 is 0. The van der Waals surface area contributed by atoms with Gasteiger partial charge in [-0.15, -0.1) is 0 Å². The molecule has 4 nitrogen and oxygen atoms in total. The number of aliphatic hydroxyl groups excluding tert-OH is 1. The van der Waals surface area contributed by atoms with Crippen LogP contribution in [0.25, 0.3) is 0 Å². The van der Waals surface area contributed by atoms with E-state index in [0.29, 0.717) is 6.54 Å². The highest BCUT2D eigenvalue weighted by molar-refractivity contribution is 5.70. The molecular weight excluding hydrogens is 302 g/mol. The van der Waals surface area contributed by atoms with Crippen LogP contribution in [-0.4, -0.2) is 30.3 Å². The quantitative estimate of drug-likeness (QED) is 0.830. The molecule has 2 aromatic carbocycles. The zero-order chi connectivity index (χ0) is 16.8. The normalized spacial score (nSPS) is 20.8. The van der Waals surface area contributed by atoms with Gasteiger partial charge in [-0.2, -0.15) is 0 Å². The van der Waals surface area contributed by atoms with Crippen LogP contribution in [0.15, 0.2) is 60.7 Å².